The lowest BCUT2D eigenvalue weighted by atomic mass is 10.3. The molecule has 0 fully saturated rings. The lowest BCUT2D eigenvalue weighted by Crippen LogP contribution is -2.42. The van der Waals surface area contributed by atoms with Gasteiger partial charge in [-0.15, -0.1) is 0 Å². The molecule has 2 unspecified atom stereocenters. The fraction of sp³-hybridized carbons (Fsp3) is 1.00. The van der Waals surface area contributed by atoms with Crippen molar-refractivity contribution >= 4 is 8.32 Å². The number of hydrogen-bond donors (Lipinski definition) is 1. The van der Waals surface area contributed by atoms with Crippen molar-refractivity contribution in [3.05, 3.63) is 0 Å². The monoisotopic (exact) mass is 216 g/mol. The van der Waals surface area contributed by atoms with E-state index in [1.54, 1.807) is 0 Å². The van der Waals surface area contributed by atoms with E-state index in [9.17, 15) is 4.80 Å². The quantitative estimate of drug-likeness (QED) is 0.628. The zero-order chi connectivity index (χ0) is 11.2. The minimum absolute atomic E-state index is 0.559. The molecule has 1 N–H and O–H groups in total. The summed E-state index contributed by atoms with van der Waals surface area (Å²) in [5.41, 5.74) is 1.12. The van der Waals surface area contributed by atoms with Crippen LogP contribution < -0.4 is 0 Å². The van der Waals surface area contributed by atoms with Crippen molar-refractivity contribution in [2.24, 2.45) is 0 Å². The SMILES string of the molecule is CCCC[Si](O)(C(C)CC)C(C)CC. The van der Waals surface area contributed by atoms with Gasteiger partial charge in [0.1, 0.15) is 0 Å². The molecule has 0 heterocycles. The van der Waals surface area contributed by atoms with Gasteiger partial charge in [0.25, 0.3) is 0 Å². The van der Waals surface area contributed by atoms with E-state index in [1.165, 1.54) is 12.8 Å². The molecule has 0 aromatic heterocycles. The van der Waals surface area contributed by atoms with E-state index in [-0.39, 0.29) is 0 Å². The van der Waals surface area contributed by atoms with Crippen LogP contribution in [0, 0.1) is 0 Å². The fourth-order valence-corrected chi connectivity index (χ4v) is 6.44. The van der Waals surface area contributed by atoms with Crippen molar-refractivity contribution < 1.29 is 4.80 Å². The summed E-state index contributed by atoms with van der Waals surface area (Å²) in [5.74, 6) is 0. The fourth-order valence-electron chi connectivity index (χ4n) is 2.15. The van der Waals surface area contributed by atoms with Gasteiger partial charge in [0, 0.05) is 0 Å². The molecule has 2 heteroatoms. The van der Waals surface area contributed by atoms with Crippen molar-refractivity contribution in [1.82, 2.24) is 0 Å². The van der Waals surface area contributed by atoms with E-state index < -0.39 is 8.32 Å². The van der Waals surface area contributed by atoms with Crippen molar-refractivity contribution in [3.8, 4) is 0 Å². The third kappa shape index (κ3) is 3.39. The van der Waals surface area contributed by atoms with Crippen LogP contribution in [0.4, 0.5) is 0 Å². The molecule has 2 atom stereocenters. The first kappa shape index (κ1) is 14.2. The Bertz CT molecular complexity index is 137. The Kier molecular flexibility index (Phi) is 6.71. The number of hydrogen-bond acceptors (Lipinski definition) is 1. The second-order valence-corrected chi connectivity index (χ2v) is 9.17. The summed E-state index contributed by atoms with van der Waals surface area (Å²) in [4.78, 5) is 10.8. The van der Waals surface area contributed by atoms with Gasteiger partial charge in [-0.25, -0.2) is 0 Å². The molecule has 0 amide bonds. The second-order valence-electron chi connectivity index (χ2n) is 4.71. The van der Waals surface area contributed by atoms with Gasteiger partial charge in [0.15, 0.2) is 8.32 Å². The van der Waals surface area contributed by atoms with Gasteiger partial charge in [-0.05, 0) is 17.1 Å². The van der Waals surface area contributed by atoms with Crippen molar-refractivity contribution in [2.75, 3.05) is 0 Å². The first-order valence-electron chi connectivity index (χ1n) is 6.25. The van der Waals surface area contributed by atoms with Gasteiger partial charge < -0.3 is 4.80 Å². The molecule has 0 saturated heterocycles. The maximum Gasteiger partial charge on any atom is 0.194 e. The molecule has 0 aromatic carbocycles. The normalized spacial score (nSPS) is 20.1. The van der Waals surface area contributed by atoms with Crippen LogP contribution in [0.2, 0.25) is 17.1 Å². The first-order chi connectivity index (χ1) is 6.52. The summed E-state index contributed by atoms with van der Waals surface area (Å²) < 4.78 is 0. The largest absolute Gasteiger partial charge is 0.431 e. The van der Waals surface area contributed by atoms with E-state index in [0.717, 1.165) is 18.9 Å². The summed E-state index contributed by atoms with van der Waals surface area (Å²) in [5, 5.41) is 0. The Morgan fingerprint density at radius 1 is 1.00 bits per heavy atom. The zero-order valence-corrected chi connectivity index (χ0v) is 11.6. The molecule has 0 spiro atoms. The minimum atomic E-state index is -1.98. The van der Waals surface area contributed by atoms with Gasteiger partial charge in [0.05, 0.1) is 0 Å². The van der Waals surface area contributed by atoms with Crippen LogP contribution in [0.5, 0.6) is 0 Å². The standard InChI is InChI=1S/C12H28OSi/c1-6-9-10-14(13,11(4)7-2)12(5)8-3/h11-13H,6-10H2,1-5H3. The molecule has 0 rings (SSSR count). The number of unbranched alkanes of at least 4 members (excludes halogenated alkanes) is 1. The minimum Gasteiger partial charge on any atom is -0.431 e. The summed E-state index contributed by atoms with van der Waals surface area (Å²) in [6.45, 7) is 11.1. The second kappa shape index (κ2) is 6.62. The third-order valence-electron chi connectivity index (χ3n) is 3.86. The van der Waals surface area contributed by atoms with Crippen LogP contribution in [0.1, 0.15) is 60.3 Å². The molecule has 0 aliphatic carbocycles. The maximum absolute atomic E-state index is 10.8. The van der Waals surface area contributed by atoms with E-state index in [1.807, 2.05) is 0 Å². The van der Waals surface area contributed by atoms with Crippen LogP contribution in [0.25, 0.3) is 0 Å². The van der Waals surface area contributed by atoms with E-state index >= 15 is 0 Å². The van der Waals surface area contributed by atoms with Crippen LogP contribution in [0.3, 0.4) is 0 Å². The maximum atomic E-state index is 10.8. The average Bonchev–Trinajstić information content (AvgIpc) is 2.23. The number of rotatable bonds is 7. The Balaban J connectivity index is 4.47. The van der Waals surface area contributed by atoms with Crippen molar-refractivity contribution in [1.29, 1.82) is 0 Å². The molecular formula is C12H28OSi. The van der Waals surface area contributed by atoms with Gasteiger partial charge >= 0.3 is 0 Å². The highest BCUT2D eigenvalue weighted by atomic mass is 28.4. The molecule has 86 valence electrons. The van der Waals surface area contributed by atoms with Crippen LogP contribution >= 0.6 is 0 Å². The molecule has 0 aliphatic heterocycles. The molecule has 0 aliphatic rings. The van der Waals surface area contributed by atoms with Crippen LogP contribution in [0.15, 0.2) is 0 Å². The lowest BCUT2D eigenvalue weighted by molar-refractivity contribution is 0.466. The van der Waals surface area contributed by atoms with E-state index in [2.05, 4.69) is 34.6 Å². The van der Waals surface area contributed by atoms with Crippen LogP contribution in [-0.2, 0) is 0 Å². The first-order valence-corrected chi connectivity index (χ1v) is 8.56. The van der Waals surface area contributed by atoms with Crippen molar-refractivity contribution in [2.45, 2.75) is 77.4 Å². The smallest absolute Gasteiger partial charge is 0.194 e. The molecule has 14 heavy (non-hydrogen) atoms. The summed E-state index contributed by atoms with van der Waals surface area (Å²) >= 11 is 0. The predicted molar refractivity (Wildman–Crippen MR) is 67.1 cm³/mol. The Hall–Kier alpha value is 0.177. The third-order valence-corrected chi connectivity index (χ3v) is 9.25. The molecule has 1 nitrogen and oxygen atoms in total. The van der Waals surface area contributed by atoms with E-state index in [0.29, 0.717) is 11.1 Å². The Morgan fingerprint density at radius 3 is 1.71 bits per heavy atom. The lowest BCUT2D eigenvalue weighted by Gasteiger charge is -2.36. The molecule has 0 bridgehead atoms. The topological polar surface area (TPSA) is 20.2 Å². The van der Waals surface area contributed by atoms with Crippen LogP contribution in [-0.4, -0.2) is 13.1 Å². The van der Waals surface area contributed by atoms with Gasteiger partial charge in [0.2, 0.25) is 0 Å². The molecule has 0 saturated carbocycles. The highest BCUT2D eigenvalue weighted by Crippen LogP contribution is 2.38. The van der Waals surface area contributed by atoms with Gasteiger partial charge in [-0.2, -0.15) is 0 Å². The van der Waals surface area contributed by atoms with Gasteiger partial charge in [-0.3, -0.25) is 0 Å². The predicted octanol–water partition coefficient (Wildman–Crippen LogP) is 4.32. The molecular weight excluding hydrogens is 188 g/mol. The summed E-state index contributed by atoms with van der Waals surface area (Å²) in [7, 11) is -1.98. The Morgan fingerprint density at radius 2 is 1.43 bits per heavy atom. The van der Waals surface area contributed by atoms with E-state index in [4.69, 9.17) is 0 Å². The summed E-state index contributed by atoms with van der Waals surface area (Å²) in [6, 6.07) is 1.10. The molecule has 0 radical (unpaired) electrons. The average molecular weight is 216 g/mol. The van der Waals surface area contributed by atoms with Crippen molar-refractivity contribution in [3.63, 3.8) is 0 Å². The zero-order valence-electron chi connectivity index (χ0n) is 10.6. The highest BCUT2D eigenvalue weighted by molar-refractivity contribution is 6.75. The molecule has 0 aromatic rings. The Labute approximate surface area is 91.1 Å². The summed E-state index contributed by atoms with van der Waals surface area (Å²) in [6.07, 6.45) is 4.69. The van der Waals surface area contributed by atoms with Gasteiger partial charge in [-0.1, -0.05) is 60.3 Å². The highest BCUT2D eigenvalue weighted by Gasteiger charge is 2.40.